The standard InChI is InChI=1S/C21H34N2O4S/c1-4-16-8-9-17-10-13-19(22-28(25,26)5-2)20(23(17)21(16)24)14-27-18-11-6-15(3)7-12-18/h8-9,15,18-20,22H,4-7,10-14H2,1-3H3. The van der Waals surface area contributed by atoms with Gasteiger partial charge in [0.05, 0.1) is 24.5 Å². The summed E-state index contributed by atoms with van der Waals surface area (Å²) >= 11 is 0. The first-order valence-electron chi connectivity index (χ1n) is 10.7. The summed E-state index contributed by atoms with van der Waals surface area (Å²) in [5.74, 6) is 0.781. The molecule has 0 radical (unpaired) electrons. The highest BCUT2D eigenvalue weighted by molar-refractivity contribution is 7.89. The Bertz CT molecular complexity index is 825. The molecule has 2 unspecified atom stereocenters. The zero-order chi connectivity index (χ0) is 20.3. The first-order valence-corrected chi connectivity index (χ1v) is 12.3. The molecule has 28 heavy (non-hydrogen) atoms. The number of aryl methyl sites for hydroxylation is 2. The number of pyridine rings is 1. The highest BCUT2D eigenvalue weighted by atomic mass is 32.2. The molecule has 158 valence electrons. The van der Waals surface area contributed by atoms with Crippen molar-refractivity contribution in [2.45, 2.75) is 83.9 Å². The van der Waals surface area contributed by atoms with Gasteiger partial charge >= 0.3 is 0 Å². The fraction of sp³-hybridized carbons (Fsp3) is 0.762. The summed E-state index contributed by atoms with van der Waals surface area (Å²) in [6, 6.07) is 3.30. The molecule has 0 spiro atoms. The van der Waals surface area contributed by atoms with Crippen LogP contribution in [0, 0.1) is 5.92 Å². The molecule has 0 aromatic carbocycles. The van der Waals surface area contributed by atoms with Crippen molar-refractivity contribution in [3.63, 3.8) is 0 Å². The van der Waals surface area contributed by atoms with Gasteiger partial charge in [-0.3, -0.25) is 4.79 Å². The van der Waals surface area contributed by atoms with Crippen molar-refractivity contribution in [3.05, 3.63) is 33.7 Å². The summed E-state index contributed by atoms with van der Waals surface area (Å²) in [5, 5.41) is 0. The van der Waals surface area contributed by atoms with Gasteiger partial charge in [0.2, 0.25) is 10.0 Å². The summed E-state index contributed by atoms with van der Waals surface area (Å²) in [4.78, 5) is 13.1. The molecule has 1 fully saturated rings. The minimum absolute atomic E-state index is 0.00809. The molecule has 7 heteroatoms. The van der Waals surface area contributed by atoms with Crippen molar-refractivity contribution in [1.29, 1.82) is 0 Å². The molecule has 0 saturated heterocycles. The van der Waals surface area contributed by atoms with Gasteiger partial charge in [-0.1, -0.05) is 19.9 Å². The third-order valence-corrected chi connectivity index (χ3v) is 7.77. The van der Waals surface area contributed by atoms with Crippen molar-refractivity contribution in [3.8, 4) is 0 Å². The maximum atomic E-state index is 13.1. The zero-order valence-corrected chi connectivity index (χ0v) is 18.1. The number of hydrogen-bond donors (Lipinski definition) is 1. The molecule has 2 aliphatic rings. The van der Waals surface area contributed by atoms with E-state index in [0.29, 0.717) is 25.9 Å². The molecule has 1 aromatic heterocycles. The topological polar surface area (TPSA) is 77.4 Å². The average Bonchev–Trinajstić information content (AvgIpc) is 2.68. The van der Waals surface area contributed by atoms with Crippen LogP contribution >= 0.6 is 0 Å². The second kappa shape index (κ2) is 9.09. The lowest BCUT2D eigenvalue weighted by molar-refractivity contribution is -0.00540. The number of nitrogens with one attached hydrogen (secondary N) is 1. The van der Waals surface area contributed by atoms with Crippen LogP contribution < -0.4 is 10.3 Å². The molecule has 6 nitrogen and oxygen atoms in total. The Labute approximate surface area is 168 Å². The number of hydrogen-bond acceptors (Lipinski definition) is 4. The van der Waals surface area contributed by atoms with Crippen LogP contribution in [0.2, 0.25) is 0 Å². The molecule has 0 amide bonds. The van der Waals surface area contributed by atoms with E-state index in [2.05, 4.69) is 11.6 Å². The lowest BCUT2D eigenvalue weighted by Crippen LogP contribution is -2.50. The summed E-state index contributed by atoms with van der Waals surface area (Å²) in [5.41, 5.74) is 1.73. The Morgan fingerprint density at radius 3 is 2.50 bits per heavy atom. The van der Waals surface area contributed by atoms with Crippen LogP contribution in [0.4, 0.5) is 0 Å². The molecule has 1 aliphatic carbocycles. The van der Waals surface area contributed by atoms with Gasteiger partial charge in [-0.05, 0) is 63.9 Å². The van der Waals surface area contributed by atoms with Crippen LogP contribution in [-0.4, -0.2) is 37.5 Å². The highest BCUT2D eigenvalue weighted by Crippen LogP contribution is 2.29. The molecule has 2 heterocycles. The van der Waals surface area contributed by atoms with E-state index in [9.17, 15) is 13.2 Å². The van der Waals surface area contributed by atoms with Crippen molar-refractivity contribution >= 4 is 10.0 Å². The maximum Gasteiger partial charge on any atom is 0.254 e. The monoisotopic (exact) mass is 410 g/mol. The number of nitrogens with zero attached hydrogens (tertiary/aromatic N) is 1. The number of fused-ring (bicyclic) bond motifs is 1. The fourth-order valence-corrected chi connectivity index (χ4v) is 5.32. The largest absolute Gasteiger partial charge is 0.376 e. The van der Waals surface area contributed by atoms with E-state index in [1.54, 1.807) is 11.5 Å². The van der Waals surface area contributed by atoms with Gasteiger partial charge in [0, 0.05) is 17.3 Å². The summed E-state index contributed by atoms with van der Waals surface area (Å²) in [6.07, 6.45) is 6.64. The molecule has 1 aromatic rings. The van der Waals surface area contributed by atoms with Crippen LogP contribution in [0.25, 0.3) is 0 Å². The van der Waals surface area contributed by atoms with Crippen LogP contribution in [0.5, 0.6) is 0 Å². The zero-order valence-electron chi connectivity index (χ0n) is 17.3. The Morgan fingerprint density at radius 2 is 1.86 bits per heavy atom. The van der Waals surface area contributed by atoms with E-state index in [-0.39, 0.29) is 29.5 Å². The smallest absolute Gasteiger partial charge is 0.254 e. The summed E-state index contributed by atoms with van der Waals surface area (Å²) < 4.78 is 35.3. The van der Waals surface area contributed by atoms with Gasteiger partial charge in [0.1, 0.15) is 0 Å². The van der Waals surface area contributed by atoms with E-state index in [1.807, 2.05) is 19.1 Å². The molecule has 2 atom stereocenters. The Balaban J connectivity index is 1.86. The Hall–Kier alpha value is -1.18. The van der Waals surface area contributed by atoms with E-state index in [0.717, 1.165) is 42.9 Å². The van der Waals surface area contributed by atoms with Gasteiger partial charge in [0.15, 0.2) is 0 Å². The first-order chi connectivity index (χ1) is 13.3. The van der Waals surface area contributed by atoms with E-state index in [4.69, 9.17) is 4.74 Å². The number of aromatic nitrogens is 1. The highest BCUT2D eigenvalue weighted by Gasteiger charge is 2.34. The minimum Gasteiger partial charge on any atom is -0.376 e. The van der Waals surface area contributed by atoms with Gasteiger partial charge in [-0.15, -0.1) is 0 Å². The van der Waals surface area contributed by atoms with Crippen LogP contribution in [0.3, 0.4) is 0 Å². The second-order valence-corrected chi connectivity index (χ2v) is 10.4. The van der Waals surface area contributed by atoms with Gasteiger partial charge in [-0.2, -0.15) is 0 Å². The maximum absolute atomic E-state index is 13.1. The van der Waals surface area contributed by atoms with E-state index < -0.39 is 10.0 Å². The van der Waals surface area contributed by atoms with Crippen molar-refractivity contribution in [2.24, 2.45) is 5.92 Å². The number of sulfonamides is 1. The third kappa shape index (κ3) is 4.86. The normalized spacial score (nSPS) is 28.1. The van der Waals surface area contributed by atoms with Crippen molar-refractivity contribution < 1.29 is 13.2 Å². The molecule has 1 saturated carbocycles. The van der Waals surface area contributed by atoms with Crippen LogP contribution in [0.15, 0.2) is 16.9 Å². The van der Waals surface area contributed by atoms with Gasteiger partial charge < -0.3 is 9.30 Å². The van der Waals surface area contributed by atoms with Gasteiger partial charge in [-0.25, -0.2) is 13.1 Å². The predicted molar refractivity (Wildman–Crippen MR) is 111 cm³/mol. The average molecular weight is 411 g/mol. The third-order valence-electron chi connectivity index (χ3n) is 6.34. The minimum atomic E-state index is -3.35. The molecule has 0 bridgehead atoms. The molecular weight excluding hydrogens is 376 g/mol. The lowest BCUT2D eigenvalue weighted by Gasteiger charge is -2.37. The van der Waals surface area contributed by atoms with Crippen LogP contribution in [-0.2, 0) is 27.6 Å². The quantitative estimate of drug-likeness (QED) is 0.750. The molecule has 1 N–H and O–H groups in total. The molecule has 3 rings (SSSR count). The van der Waals surface area contributed by atoms with E-state index in [1.165, 1.54) is 0 Å². The first kappa shape index (κ1) is 21.5. The Kier molecular flexibility index (Phi) is 6.99. The lowest BCUT2D eigenvalue weighted by atomic mass is 9.89. The van der Waals surface area contributed by atoms with Crippen molar-refractivity contribution in [1.82, 2.24) is 9.29 Å². The number of ether oxygens (including phenoxy) is 1. The van der Waals surface area contributed by atoms with Crippen molar-refractivity contribution in [2.75, 3.05) is 12.4 Å². The molecular formula is C21H34N2O4S. The summed E-state index contributed by atoms with van der Waals surface area (Å²) in [6.45, 7) is 6.25. The summed E-state index contributed by atoms with van der Waals surface area (Å²) in [7, 11) is -3.35. The number of rotatable bonds is 7. The fourth-order valence-electron chi connectivity index (χ4n) is 4.42. The molecule has 1 aliphatic heterocycles. The van der Waals surface area contributed by atoms with E-state index >= 15 is 0 Å². The predicted octanol–water partition coefficient (Wildman–Crippen LogP) is 2.80. The Morgan fingerprint density at radius 1 is 1.14 bits per heavy atom. The SMILES string of the molecule is CCc1ccc2n(c1=O)C(COC1CCC(C)CC1)C(NS(=O)(=O)CC)CC2. The van der Waals surface area contributed by atoms with Gasteiger partial charge in [0.25, 0.3) is 5.56 Å². The van der Waals surface area contributed by atoms with Crippen LogP contribution in [0.1, 0.15) is 70.2 Å². The second-order valence-electron chi connectivity index (χ2n) is 8.33.